The largest absolute Gasteiger partial charge is 0.319 e. The Morgan fingerprint density at radius 3 is 2.35 bits per heavy atom. The van der Waals surface area contributed by atoms with E-state index >= 15 is 0 Å². The van der Waals surface area contributed by atoms with Crippen LogP contribution in [0.25, 0.3) is 0 Å². The molecule has 0 radical (unpaired) electrons. The van der Waals surface area contributed by atoms with Crippen LogP contribution in [0.3, 0.4) is 0 Å². The smallest absolute Gasteiger partial charge is 0.304 e. The number of hydrogen-bond donors (Lipinski definition) is 1. The number of halogens is 2. The average molecular weight is 281 g/mol. The zero-order valence-electron chi connectivity index (χ0n) is 11.6. The van der Waals surface area contributed by atoms with Crippen molar-refractivity contribution in [2.24, 2.45) is 17.8 Å². The van der Waals surface area contributed by atoms with Gasteiger partial charge in [0.25, 0.3) is 0 Å². The Hall–Kier alpha value is -0.970. The van der Waals surface area contributed by atoms with Crippen LogP contribution < -0.4 is 5.32 Å². The molecule has 4 aliphatic rings. The molecule has 0 unspecified atom stereocenters. The van der Waals surface area contributed by atoms with Gasteiger partial charge in [0.2, 0.25) is 0 Å². The number of aromatic nitrogens is 2. The monoisotopic (exact) mass is 281 g/mol. The highest BCUT2D eigenvalue weighted by molar-refractivity contribution is 5.07. The molecular weight excluding hydrogens is 260 g/mol. The third kappa shape index (κ3) is 2.07. The fraction of sp³-hybridized carbons (Fsp3) is 0.800. The highest BCUT2D eigenvalue weighted by atomic mass is 19.3. The van der Waals surface area contributed by atoms with Crippen molar-refractivity contribution in [1.29, 1.82) is 0 Å². The summed E-state index contributed by atoms with van der Waals surface area (Å²) in [5.41, 5.74) is 0.202. The van der Waals surface area contributed by atoms with Crippen molar-refractivity contribution < 1.29 is 8.78 Å². The lowest BCUT2D eigenvalue weighted by Crippen LogP contribution is -2.58. The SMILES string of the molecule is FC(F)n1ccnc1CNC12CC3CC(CC(C3)C1)C2. The Morgan fingerprint density at radius 2 is 1.80 bits per heavy atom. The van der Waals surface area contributed by atoms with Crippen molar-refractivity contribution in [1.82, 2.24) is 14.9 Å². The van der Waals surface area contributed by atoms with Gasteiger partial charge < -0.3 is 5.32 Å². The molecule has 110 valence electrons. The molecule has 3 nitrogen and oxygen atoms in total. The molecule has 20 heavy (non-hydrogen) atoms. The highest BCUT2D eigenvalue weighted by Crippen LogP contribution is 2.55. The number of rotatable bonds is 4. The molecule has 1 N–H and O–H groups in total. The Labute approximate surface area is 117 Å². The van der Waals surface area contributed by atoms with Crippen LogP contribution in [0.1, 0.15) is 50.9 Å². The van der Waals surface area contributed by atoms with Crippen LogP contribution in [0.4, 0.5) is 8.78 Å². The molecule has 5 rings (SSSR count). The molecule has 0 aromatic carbocycles. The fourth-order valence-corrected chi connectivity index (χ4v) is 5.25. The normalized spacial score (nSPS) is 38.9. The minimum atomic E-state index is -2.49. The summed E-state index contributed by atoms with van der Waals surface area (Å²) in [7, 11) is 0. The minimum absolute atomic E-state index is 0.202. The van der Waals surface area contributed by atoms with Crippen molar-refractivity contribution in [3.63, 3.8) is 0 Å². The van der Waals surface area contributed by atoms with Gasteiger partial charge in [0, 0.05) is 17.9 Å². The summed E-state index contributed by atoms with van der Waals surface area (Å²) in [5.74, 6) is 3.05. The van der Waals surface area contributed by atoms with E-state index in [1.807, 2.05) is 0 Å². The van der Waals surface area contributed by atoms with Gasteiger partial charge in [0.05, 0.1) is 6.54 Å². The van der Waals surface area contributed by atoms with E-state index in [9.17, 15) is 8.78 Å². The molecule has 4 aliphatic carbocycles. The first-order valence-electron chi connectivity index (χ1n) is 7.68. The van der Waals surface area contributed by atoms with Crippen molar-refractivity contribution in [3.05, 3.63) is 18.2 Å². The maximum atomic E-state index is 12.8. The van der Waals surface area contributed by atoms with E-state index < -0.39 is 6.55 Å². The van der Waals surface area contributed by atoms with Gasteiger partial charge in [-0.25, -0.2) is 4.98 Å². The number of hydrogen-bond acceptors (Lipinski definition) is 2. The number of nitrogens with one attached hydrogen (secondary N) is 1. The summed E-state index contributed by atoms with van der Waals surface area (Å²) in [6, 6.07) is 0. The van der Waals surface area contributed by atoms with E-state index in [0.717, 1.165) is 22.3 Å². The zero-order valence-corrected chi connectivity index (χ0v) is 11.6. The summed E-state index contributed by atoms with van der Waals surface area (Å²) in [6.07, 6.45) is 10.7. The minimum Gasteiger partial charge on any atom is -0.304 e. The summed E-state index contributed by atoms with van der Waals surface area (Å²) in [5, 5.41) is 3.61. The van der Waals surface area contributed by atoms with Crippen LogP contribution in [-0.4, -0.2) is 15.1 Å². The second kappa shape index (κ2) is 4.52. The van der Waals surface area contributed by atoms with Gasteiger partial charge in [-0.15, -0.1) is 0 Å². The van der Waals surface area contributed by atoms with Crippen LogP contribution in [0.2, 0.25) is 0 Å². The first-order chi connectivity index (χ1) is 9.63. The van der Waals surface area contributed by atoms with E-state index in [-0.39, 0.29) is 5.54 Å². The Kier molecular flexibility index (Phi) is 2.88. The third-order valence-electron chi connectivity index (χ3n) is 5.62. The molecule has 4 bridgehead atoms. The first-order valence-corrected chi connectivity index (χ1v) is 7.68. The predicted molar refractivity (Wildman–Crippen MR) is 71.2 cm³/mol. The molecule has 1 aromatic rings. The maximum absolute atomic E-state index is 12.8. The van der Waals surface area contributed by atoms with Gasteiger partial charge in [-0.05, 0) is 56.3 Å². The summed E-state index contributed by atoms with van der Waals surface area (Å²) in [4.78, 5) is 4.07. The maximum Gasteiger partial charge on any atom is 0.319 e. The second-order valence-electron chi connectivity index (χ2n) is 7.08. The molecule has 0 atom stereocenters. The Bertz CT molecular complexity index is 462. The summed E-state index contributed by atoms with van der Waals surface area (Å²) >= 11 is 0. The van der Waals surface area contributed by atoms with Crippen molar-refractivity contribution in [2.75, 3.05) is 0 Å². The number of alkyl halides is 2. The summed E-state index contributed by atoms with van der Waals surface area (Å²) < 4.78 is 26.6. The number of imidazole rings is 1. The molecule has 5 heteroatoms. The molecule has 0 aliphatic heterocycles. The standard InChI is InChI=1S/C15H21F2N3/c16-14(17)20-2-1-18-13(20)9-19-15-6-10-3-11(7-15)5-12(4-10)8-15/h1-2,10-12,14,19H,3-9H2. The molecule has 1 heterocycles. The van der Waals surface area contributed by atoms with Crippen LogP contribution in [-0.2, 0) is 6.54 Å². The van der Waals surface area contributed by atoms with Gasteiger partial charge in [0.1, 0.15) is 5.82 Å². The predicted octanol–water partition coefficient (Wildman–Crippen LogP) is 3.34. The van der Waals surface area contributed by atoms with Gasteiger partial charge >= 0.3 is 6.55 Å². The van der Waals surface area contributed by atoms with Crippen molar-refractivity contribution in [2.45, 2.75) is 57.2 Å². The van der Waals surface area contributed by atoms with Crippen LogP contribution in [0.15, 0.2) is 12.4 Å². The molecule has 4 saturated carbocycles. The average Bonchev–Trinajstić information content (AvgIpc) is 2.83. The molecule has 0 saturated heterocycles. The van der Waals surface area contributed by atoms with E-state index in [0.29, 0.717) is 12.4 Å². The van der Waals surface area contributed by atoms with Gasteiger partial charge in [-0.3, -0.25) is 4.57 Å². The van der Waals surface area contributed by atoms with Crippen molar-refractivity contribution in [3.8, 4) is 0 Å². The lowest BCUT2D eigenvalue weighted by Gasteiger charge is -2.57. The Morgan fingerprint density at radius 1 is 1.20 bits per heavy atom. The van der Waals surface area contributed by atoms with E-state index in [1.54, 1.807) is 0 Å². The van der Waals surface area contributed by atoms with E-state index in [4.69, 9.17) is 0 Å². The van der Waals surface area contributed by atoms with Crippen LogP contribution in [0.5, 0.6) is 0 Å². The Balaban J connectivity index is 1.48. The lowest BCUT2D eigenvalue weighted by atomic mass is 9.53. The topological polar surface area (TPSA) is 29.9 Å². The van der Waals surface area contributed by atoms with Crippen LogP contribution >= 0.6 is 0 Å². The lowest BCUT2D eigenvalue weighted by molar-refractivity contribution is -0.0216. The third-order valence-corrected chi connectivity index (χ3v) is 5.62. The quantitative estimate of drug-likeness (QED) is 0.917. The molecular formula is C15H21F2N3. The van der Waals surface area contributed by atoms with E-state index in [2.05, 4.69) is 10.3 Å². The second-order valence-corrected chi connectivity index (χ2v) is 7.08. The van der Waals surface area contributed by atoms with Crippen LogP contribution in [0, 0.1) is 17.8 Å². The van der Waals surface area contributed by atoms with E-state index in [1.165, 1.54) is 50.9 Å². The first kappa shape index (κ1) is 12.7. The van der Waals surface area contributed by atoms with Gasteiger partial charge in [0.15, 0.2) is 0 Å². The fourth-order valence-electron chi connectivity index (χ4n) is 5.25. The van der Waals surface area contributed by atoms with Gasteiger partial charge in [-0.2, -0.15) is 8.78 Å². The highest BCUT2D eigenvalue weighted by Gasteiger charge is 2.50. The van der Waals surface area contributed by atoms with Crippen molar-refractivity contribution >= 4 is 0 Å². The molecule has 1 aromatic heterocycles. The molecule has 0 spiro atoms. The van der Waals surface area contributed by atoms with Gasteiger partial charge in [-0.1, -0.05) is 0 Å². The summed E-state index contributed by atoms with van der Waals surface area (Å²) in [6.45, 7) is -2.03. The number of nitrogens with zero attached hydrogens (tertiary/aromatic N) is 2. The molecule has 0 amide bonds. The molecule has 4 fully saturated rings. The zero-order chi connectivity index (χ0) is 13.7.